The van der Waals surface area contributed by atoms with Gasteiger partial charge < -0.3 is 10.2 Å². The van der Waals surface area contributed by atoms with E-state index in [2.05, 4.69) is 0 Å². The molecule has 6 aromatic rings. The fraction of sp³-hybridized carbons (Fsp3) is 0.0943. The second-order valence-corrected chi connectivity index (χ2v) is 16.5. The van der Waals surface area contributed by atoms with Crippen LogP contribution in [0, 0.1) is 0 Å². The summed E-state index contributed by atoms with van der Waals surface area (Å²) in [6.07, 6.45) is 7.67. The van der Waals surface area contributed by atoms with Gasteiger partial charge >= 0.3 is 0 Å². The highest BCUT2D eigenvalue weighted by Gasteiger charge is 2.61. The fourth-order valence-electron chi connectivity index (χ4n) is 10.4. The highest BCUT2D eigenvalue weighted by atomic mass is 35.5. The van der Waals surface area contributed by atoms with Crippen LogP contribution < -0.4 is 0 Å². The summed E-state index contributed by atoms with van der Waals surface area (Å²) < 4.78 is 0. The predicted octanol–water partition coefficient (Wildman–Crippen LogP) is 10.1. The largest absolute Gasteiger partial charge is 0.385 e. The number of aldehydes is 2. The van der Waals surface area contributed by atoms with Gasteiger partial charge in [-0.1, -0.05) is 146 Å². The zero-order chi connectivity index (χ0) is 43.6. The zero-order valence-corrected chi connectivity index (χ0v) is 34.9. The predicted molar refractivity (Wildman–Crippen MR) is 244 cm³/mol. The Morgan fingerprint density at radius 1 is 0.460 bits per heavy atom. The van der Waals surface area contributed by atoms with Crippen molar-refractivity contribution in [2.24, 2.45) is 0 Å². The summed E-state index contributed by atoms with van der Waals surface area (Å²) in [6, 6.07) is 44.8. The van der Waals surface area contributed by atoms with Gasteiger partial charge in [-0.15, -0.1) is 23.2 Å². The van der Waals surface area contributed by atoms with Crippen LogP contribution in [-0.2, 0) is 11.1 Å². The molecule has 8 nitrogen and oxygen atoms in total. The fourth-order valence-corrected chi connectivity index (χ4v) is 10.4. The van der Waals surface area contributed by atoms with Crippen LogP contribution >= 0.6 is 23.2 Å². The lowest BCUT2D eigenvalue weighted by Crippen LogP contribution is -2.49. The highest BCUT2D eigenvalue weighted by molar-refractivity contribution is 6.40. The Kier molecular flexibility index (Phi) is 9.85. The number of benzene rings is 6. The SMILES string of the molecule is ClCCl.O=Cc1ccc([C@@]23C(=CC=C4c5ccccc5C(=O)N42)c2ccccc2[C@@H]3O)cc1.O=Cc1ccc([C@]23C(=CC=C4c5ccccc5C(=O)N42)c2ccccc2[C@H]3O)cc1. The topological polar surface area (TPSA) is 115 Å². The molecule has 2 N–H and O–H groups in total. The van der Waals surface area contributed by atoms with Crippen LogP contribution in [0.5, 0.6) is 0 Å². The lowest BCUT2D eigenvalue weighted by molar-refractivity contribution is 0.0336. The molecule has 6 aliphatic rings. The van der Waals surface area contributed by atoms with E-state index in [1.165, 1.54) is 0 Å². The molecule has 0 saturated heterocycles. The first-order valence-electron chi connectivity index (χ1n) is 20.3. The lowest BCUT2D eigenvalue weighted by atomic mass is 9.77. The van der Waals surface area contributed by atoms with Gasteiger partial charge in [-0.2, -0.15) is 0 Å². The van der Waals surface area contributed by atoms with Gasteiger partial charge in [0.1, 0.15) is 35.9 Å². The molecule has 6 aromatic carbocycles. The van der Waals surface area contributed by atoms with E-state index < -0.39 is 23.3 Å². The van der Waals surface area contributed by atoms with Crippen molar-refractivity contribution in [2.75, 3.05) is 5.34 Å². The number of aliphatic hydroxyl groups is 2. The average molecular weight is 868 g/mol. The number of alkyl halides is 2. The first-order chi connectivity index (χ1) is 30.8. The van der Waals surface area contributed by atoms with Crippen molar-refractivity contribution in [3.05, 3.63) is 237 Å². The third-order valence-electron chi connectivity index (χ3n) is 13.0. The minimum absolute atomic E-state index is 0.131. The van der Waals surface area contributed by atoms with Crippen LogP contribution in [0.1, 0.15) is 98.1 Å². The van der Waals surface area contributed by atoms with Crippen LogP contribution in [0.25, 0.3) is 22.5 Å². The van der Waals surface area contributed by atoms with E-state index in [0.29, 0.717) is 22.3 Å². The Balaban J connectivity index is 0.000000141. The van der Waals surface area contributed by atoms with Crippen molar-refractivity contribution in [3.8, 4) is 0 Å². The number of hydrogen-bond donors (Lipinski definition) is 2. The van der Waals surface area contributed by atoms with Gasteiger partial charge in [-0.3, -0.25) is 29.0 Å². The maximum Gasteiger partial charge on any atom is 0.260 e. The van der Waals surface area contributed by atoms with Gasteiger partial charge in [-0.05, 0) is 68.8 Å². The number of fused-ring (bicyclic) bond motifs is 14. The minimum atomic E-state index is -1.09. The molecule has 0 saturated carbocycles. The van der Waals surface area contributed by atoms with E-state index in [0.717, 1.165) is 79.6 Å². The van der Waals surface area contributed by atoms with Crippen LogP contribution in [-0.4, -0.2) is 49.7 Å². The minimum Gasteiger partial charge on any atom is -0.385 e. The molecule has 0 bridgehead atoms. The number of nitrogens with zero attached hydrogens (tertiary/aromatic N) is 2. The number of aliphatic hydroxyl groups excluding tert-OH is 2. The van der Waals surface area contributed by atoms with Crippen molar-refractivity contribution in [2.45, 2.75) is 23.3 Å². The van der Waals surface area contributed by atoms with Gasteiger partial charge in [0.05, 0.1) is 16.7 Å². The second kappa shape index (κ2) is 15.4. The molecule has 4 aliphatic heterocycles. The number of allylic oxidation sites excluding steroid dienone is 4. The Morgan fingerprint density at radius 2 is 0.778 bits per heavy atom. The summed E-state index contributed by atoms with van der Waals surface area (Å²) in [7, 11) is 0. The van der Waals surface area contributed by atoms with E-state index in [1.54, 1.807) is 34.1 Å². The van der Waals surface area contributed by atoms with Crippen molar-refractivity contribution >= 4 is 70.1 Å². The van der Waals surface area contributed by atoms with Crippen LogP contribution in [0.15, 0.2) is 170 Å². The molecule has 0 unspecified atom stereocenters. The third-order valence-corrected chi connectivity index (χ3v) is 13.0. The van der Waals surface area contributed by atoms with E-state index >= 15 is 0 Å². The van der Waals surface area contributed by atoms with Crippen molar-refractivity contribution in [3.63, 3.8) is 0 Å². The van der Waals surface area contributed by atoms with Crippen LogP contribution in [0.3, 0.4) is 0 Å². The van der Waals surface area contributed by atoms with Crippen LogP contribution in [0.4, 0.5) is 0 Å². The van der Waals surface area contributed by atoms with E-state index in [-0.39, 0.29) is 17.2 Å². The monoisotopic (exact) mass is 866 g/mol. The molecule has 2 amide bonds. The summed E-state index contributed by atoms with van der Waals surface area (Å²) in [6.45, 7) is 0. The van der Waals surface area contributed by atoms with E-state index in [1.807, 2.05) is 146 Å². The van der Waals surface area contributed by atoms with Crippen molar-refractivity contribution in [1.82, 2.24) is 9.80 Å². The van der Waals surface area contributed by atoms with Gasteiger partial charge in [-0.25, -0.2) is 0 Å². The summed E-state index contributed by atoms with van der Waals surface area (Å²) in [5.41, 5.74) is 10.2. The lowest BCUT2D eigenvalue weighted by Gasteiger charge is -2.45. The summed E-state index contributed by atoms with van der Waals surface area (Å²) >= 11 is 9.53. The molecule has 4 heterocycles. The molecule has 0 fully saturated rings. The maximum atomic E-state index is 13.7. The Hall–Kier alpha value is -6.94. The molecule has 10 heteroatoms. The van der Waals surface area contributed by atoms with Crippen molar-refractivity contribution in [1.29, 1.82) is 0 Å². The molecule has 63 heavy (non-hydrogen) atoms. The van der Waals surface area contributed by atoms with E-state index in [9.17, 15) is 29.4 Å². The number of rotatable bonds is 4. The molecular formula is C53H36Cl2N2O6. The molecule has 12 rings (SSSR count). The molecular weight excluding hydrogens is 831 g/mol. The van der Waals surface area contributed by atoms with Gasteiger partial charge in [0.2, 0.25) is 0 Å². The normalized spacial score (nSPS) is 22.3. The van der Waals surface area contributed by atoms with Crippen molar-refractivity contribution < 1.29 is 29.4 Å². The molecule has 0 radical (unpaired) electrons. The Bertz CT molecular complexity index is 2840. The standard InChI is InChI=1S/2C26H17NO3.CH2Cl2/c2*28-15-16-9-11-17(12-10-16)26-22(18-5-1-3-7-20(18)24(26)29)13-14-23-19-6-2-4-8-21(19)25(30)27(23)26;2-1-3/h2*1-15,24,29H;1H2/t2*24-,26-;/m10./s1. The molecule has 308 valence electrons. The number of halogens is 2. The zero-order valence-electron chi connectivity index (χ0n) is 33.4. The molecule has 2 aliphatic carbocycles. The van der Waals surface area contributed by atoms with Gasteiger partial charge in [0, 0.05) is 33.4 Å². The molecule has 4 atom stereocenters. The van der Waals surface area contributed by atoms with Gasteiger partial charge in [0.15, 0.2) is 0 Å². The second-order valence-electron chi connectivity index (χ2n) is 15.7. The number of carbonyl (C=O) groups excluding carboxylic acids is 4. The summed E-state index contributed by atoms with van der Waals surface area (Å²) in [4.78, 5) is 53.2. The maximum absolute atomic E-state index is 13.7. The smallest absolute Gasteiger partial charge is 0.260 e. The third kappa shape index (κ3) is 5.55. The van der Waals surface area contributed by atoms with Gasteiger partial charge in [0.25, 0.3) is 11.8 Å². The highest BCUT2D eigenvalue weighted by Crippen LogP contribution is 2.63. The quantitative estimate of drug-likeness (QED) is 0.135. The first-order valence-corrected chi connectivity index (χ1v) is 21.3. The van der Waals surface area contributed by atoms with Crippen LogP contribution in [0.2, 0.25) is 0 Å². The number of hydrogen-bond acceptors (Lipinski definition) is 6. The summed E-state index contributed by atoms with van der Waals surface area (Å²) in [5, 5.41) is 23.6. The molecule has 0 aromatic heterocycles. The first kappa shape index (κ1) is 40.2. The Morgan fingerprint density at radius 3 is 1.13 bits per heavy atom. The molecule has 0 spiro atoms. The Labute approximate surface area is 372 Å². The average Bonchev–Trinajstić information content (AvgIpc) is 3.99. The number of carbonyl (C=O) groups is 4. The summed E-state index contributed by atoms with van der Waals surface area (Å²) in [5.74, 6) is -0.262. The number of amides is 2. The van der Waals surface area contributed by atoms with E-state index in [4.69, 9.17) is 23.2 Å².